The van der Waals surface area contributed by atoms with Crippen LogP contribution in [-0.4, -0.2) is 12.6 Å². The molecule has 0 saturated carbocycles. The topological polar surface area (TPSA) is 52.3 Å². The van der Waals surface area contributed by atoms with Crippen LogP contribution in [0, 0.1) is 32.4 Å². The zero-order valence-electron chi connectivity index (χ0n) is 16.5. The maximum absolute atomic E-state index is 15.3. The summed E-state index contributed by atoms with van der Waals surface area (Å²) in [7, 11) is 0. The van der Waals surface area contributed by atoms with Gasteiger partial charge in [0.2, 0.25) is 0 Å². The Labute approximate surface area is 165 Å². The molecule has 29 heavy (non-hydrogen) atoms. The van der Waals surface area contributed by atoms with Gasteiger partial charge < -0.3 is 10.5 Å². The molecule has 0 amide bonds. The highest BCUT2D eigenvalue weighted by molar-refractivity contribution is 5.74. The lowest BCUT2D eigenvalue weighted by Crippen LogP contribution is -2.21. The number of hydrogen-bond acceptors (Lipinski definition) is 3. The lowest BCUT2D eigenvalue weighted by molar-refractivity contribution is -0.143. The Morgan fingerprint density at radius 3 is 2.07 bits per heavy atom. The van der Waals surface area contributed by atoms with Crippen molar-refractivity contribution in [3.05, 3.63) is 57.7 Å². The molecule has 0 fully saturated rings. The number of carbonyl (C=O) groups excluding carboxylic acids is 1. The molecule has 0 aliphatic carbocycles. The van der Waals surface area contributed by atoms with E-state index in [0.717, 1.165) is 12.1 Å². The summed E-state index contributed by atoms with van der Waals surface area (Å²) in [6, 6.07) is 1.76. The van der Waals surface area contributed by atoms with Crippen LogP contribution in [0.4, 0.5) is 22.0 Å². The van der Waals surface area contributed by atoms with E-state index in [1.54, 1.807) is 6.92 Å². The van der Waals surface area contributed by atoms with E-state index in [9.17, 15) is 22.4 Å². The number of hydrogen-bond donors (Lipinski definition) is 1. The van der Waals surface area contributed by atoms with Crippen LogP contribution in [-0.2, 0) is 15.7 Å². The molecule has 0 aliphatic heterocycles. The Morgan fingerprint density at radius 2 is 1.59 bits per heavy atom. The molecule has 0 radical (unpaired) electrons. The average molecular weight is 415 g/mol. The van der Waals surface area contributed by atoms with Gasteiger partial charge in [-0.1, -0.05) is 0 Å². The smallest absolute Gasteiger partial charge is 0.416 e. The number of carbonyl (C=O) groups is 1. The van der Waals surface area contributed by atoms with Gasteiger partial charge in [-0.3, -0.25) is 4.79 Å². The van der Waals surface area contributed by atoms with E-state index in [1.165, 1.54) is 26.8 Å². The second-order valence-corrected chi connectivity index (χ2v) is 6.88. The van der Waals surface area contributed by atoms with E-state index < -0.39 is 47.4 Å². The van der Waals surface area contributed by atoms with Crippen LogP contribution in [0.5, 0.6) is 0 Å². The molecule has 0 bridgehead atoms. The van der Waals surface area contributed by atoms with Gasteiger partial charge in [-0.2, -0.15) is 13.2 Å². The third kappa shape index (κ3) is 4.75. The predicted molar refractivity (Wildman–Crippen MR) is 99.2 cm³/mol. The molecule has 0 saturated heterocycles. The zero-order valence-corrected chi connectivity index (χ0v) is 16.5. The van der Waals surface area contributed by atoms with Crippen molar-refractivity contribution < 1.29 is 31.5 Å². The van der Waals surface area contributed by atoms with Gasteiger partial charge in [-0.15, -0.1) is 0 Å². The van der Waals surface area contributed by atoms with Crippen molar-refractivity contribution in [1.82, 2.24) is 0 Å². The Hall–Kier alpha value is -2.48. The van der Waals surface area contributed by atoms with Crippen molar-refractivity contribution in [3.63, 3.8) is 0 Å². The van der Waals surface area contributed by atoms with Crippen molar-refractivity contribution in [3.8, 4) is 11.1 Å². The quantitative estimate of drug-likeness (QED) is 0.516. The van der Waals surface area contributed by atoms with E-state index in [1.807, 2.05) is 0 Å². The molecule has 2 aromatic rings. The van der Waals surface area contributed by atoms with E-state index >= 15 is 4.39 Å². The van der Waals surface area contributed by atoms with Crippen molar-refractivity contribution in [1.29, 1.82) is 0 Å². The molecule has 0 unspecified atom stereocenters. The van der Waals surface area contributed by atoms with Crippen LogP contribution in [0.3, 0.4) is 0 Å². The van der Waals surface area contributed by atoms with Crippen LogP contribution >= 0.6 is 0 Å². The first-order valence-electron chi connectivity index (χ1n) is 8.96. The minimum absolute atomic E-state index is 0.0643. The van der Waals surface area contributed by atoms with E-state index in [2.05, 4.69) is 0 Å². The molecule has 1 atom stereocenters. The average Bonchev–Trinajstić information content (AvgIpc) is 2.58. The molecule has 0 aromatic heterocycles. The summed E-state index contributed by atoms with van der Waals surface area (Å²) < 4.78 is 73.8. The normalized spacial score (nSPS) is 12.8. The molecule has 2 rings (SSSR count). The van der Waals surface area contributed by atoms with Gasteiger partial charge in [0, 0.05) is 17.2 Å². The number of ether oxygens (including phenoxy) is 1. The standard InChI is InChI=1S/C21H22F5NO2/c1-5-29-16(28)9-15(27)18-19(22)12(4)8-14(20(18)23)17-10(2)6-13(7-11(17)3)21(24,25)26/h6-8,15H,5,9,27H2,1-4H3/t15-/m0/s1. The molecule has 0 aliphatic rings. The van der Waals surface area contributed by atoms with E-state index in [0.29, 0.717) is 0 Å². The van der Waals surface area contributed by atoms with Gasteiger partial charge in [-0.25, -0.2) is 8.78 Å². The third-order valence-corrected chi connectivity index (χ3v) is 4.61. The Balaban J connectivity index is 2.64. The van der Waals surface area contributed by atoms with Crippen molar-refractivity contribution in [2.24, 2.45) is 5.73 Å². The molecule has 158 valence electrons. The van der Waals surface area contributed by atoms with Gasteiger partial charge in [0.1, 0.15) is 11.6 Å². The highest BCUT2D eigenvalue weighted by Crippen LogP contribution is 2.39. The first-order valence-corrected chi connectivity index (χ1v) is 8.96. The van der Waals surface area contributed by atoms with Crippen LogP contribution in [0.2, 0.25) is 0 Å². The molecule has 0 spiro atoms. The molecule has 2 aromatic carbocycles. The summed E-state index contributed by atoms with van der Waals surface area (Å²) in [4.78, 5) is 11.7. The highest BCUT2D eigenvalue weighted by Gasteiger charge is 2.32. The van der Waals surface area contributed by atoms with Crippen LogP contribution < -0.4 is 5.73 Å². The molecule has 2 N–H and O–H groups in total. The molecular formula is C21H22F5NO2. The van der Waals surface area contributed by atoms with Gasteiger partial charge >= 0.3 is 12.1 Å². The lowest BCUT2D eigenvalue weighted by atomic mass is 9.89. The third-order valence-electron chi connectivity index (χ3n) is 4.61. The van der Waals surface area contributed by atoms with Crippen molar-refractivity contribution in [2.45, 2.75) is 46.3 Å². The molecule has 3 nitrogen and oxygen atoms in total. The minimum Gasteiger partial charge on any atom is -0.466 e. The number of alkyl halides is 3. The summed E-state index contributed by atoms with van der Waals surface area (Å²) in [6.07, 6.45) is -4.98. The first kappa shape index (κ1) is 22.8. The Morgan fingerprint density at radius 1 is 1.03 bits per heavy atom. The van der Waals surface area contributed by atoms with E-state index in [-0.39, 0.29) is 34.4 Å². The maximum atomic E-state index is 15.3. The monoisotopic (exact) mass is 415 g/mol. The van der Waals surface area contributed by atoms with Gasteiger partial charge in [-0.05, 0) is 68.1 Å². The molecule has 8 heteroatoms. The van der Waals surface area contributed by atoms with Crippen molar-refractivity contribution >= 4 is 5.97 Å². The second kappa shape index (κ2) is 8.49. The number of nitrogens with two attached hydrogens (primary N) is 1. The SMILES string of the molecule is CCOC(=O)C[C@H](N)c1c(F)c(C)cc(-c2c(C)cc(C(F)(F)F)cc2C)c1F. The Kier molecular flexibility index (Phi) is 6.67. The highest BCUT2D eigenvalue weighted by atomic mass is 19.4. The van der Waals surface area contributed by atoms with Crippen LogP contribution in [0.25, 0.3) is 11.1 Å². The maximum Gasteiger partial charge on any atom is 0.416 e. The second-order valence-electron chi connectivity index (χ2n) is 6.88. The number of esters is 1. The van der Waals surface area contributed by atoms with E-state index in [4.69, 9.17) is 10.5 Å². The molecule has 0 heterocycles. The summed E-state index contributed by atoms with van der Waals surface area (Å²) in [5.41, 5.74) is 5.12. The number of benzene rings is 2. The lowest BCUT2D eigenvalue weighted by Gasteiger charge is -2.20. The van der Waals surface area contributed by atoms with Gasteiger partial charge in [0.25, 0.3) is 0 Å². The first-order chi connectivity index (χ1) is 13.4. The van der Waals surface area contributed by atoms with Crippen LogP contribution in [0.1, 0.15) is 47.2 Å². The molecular weight excluding hydrogens is 393 g/mol. The largest absolute Gasteiger partial charge is 0.466 e. The summed E-state index contributed by atoms with van der Waals surface area (Å²) in [6.45, 7) is 5.93. The predicted octanol–water partition coefficient (Wildman–Crippen LogP) is 5.53. The number of aryl methyl sites for hydroxylation is 3. The Bertz CT molecular complexity index is 915. The zero-order chi connectivity index (χ0) is 22.1. The van der Waals surface area contributed by atoms with Gasteiger partial charge in [0.05, 0.1) is 18.6 Å². The number of rotatable bonds is 5. The summed E-state index contributed by atoms with van der Waals surface area (Å²) in [5.74, 6) is -2.61. The fourth-order valence-corrected chi connectivity index (χ4v) is 3.36. The van der Waals surface area contributed by atoms with Crippen LogP contribution in [0.15, 0.2) is 18.2 Å². The van der Waals surface area contributed by atoms with Crippen molar-refractivity contribution in [2.75, 3.05) is 6.61 Å². The number of halogens is 5. The summed E-state index contributed by atoms with van der Waals surface area (Å²) in [5, 5.41) is 0. The fraction of sp³-hybridized carbons (Fsp3) is 0.381. The minimum atomic E-state index is -4.54. The summed E-state index contributed by atoms with van der Waals surface area (Å²) >= 11 is 0. The fourth-order valence-electron chi connectivity index (χ4n) is 3.36. The van der Waals surface area contributed by atoms with Gasteiger partial charge in [0.15, 0.2) is 0 Å².